The molecule has 1 atom stereocenters. The van der Waals surface area contributed by atoms with Gasteiger partial charge >= 0.3 is 0 Å². The Morgan fingerprint density at radius 2 is 1.59 bits per heavy atom. The van der Waals surface area contributed by atoms with Crippen LogP contribution in [-0.4, -0.2) is 5.11 Å². The standard InChI is InChI=1S/C14H22O.C2H6/c1-11(2)9-10-14(4,15)13-7-5-12(3)6-8-13;1-2/h5-8,11,15H,9-10H2,1-4H3;1-2H3. The predicted molar refractivity (Wildman–Crippen MR) is 76.2 cm³/mol. The van der Waals surface area contributed by atoms with Crippen molar-refractivity contribution in [3.63, 3.8) is 0 Å². The van der Waals surface area contributed by atoms with Gasteiger partial charge in [0.05, 0.1) is 5.60 Å². The minimum atomic E-state index is -0.683. The molecule has 0 aliphatic carbocycles. The van der Waals surface area contributed by atoms with E-state index < -0.39 is 5.60 Å². The maximum Gasteiger partial charge on any atom is 0.0868 e. The van der Waals surface area contributed by atoms with Crippen LogP contribution in [0.4, 0.5) is 0 Å². The second kappa shape index (κ2) is 7.50. The minimum absolute atomic E-state index is 0.641. The number of rotatable bonds is 4. The summed E-state index contributed by atoms with van der Waals surface area (Å²) in [6, 6.07) is 8.16. The van der Waals surface area contributed by atoms with Crippen LogP contribution in [0.3, 0.4) is 0 Å². The van der Waals surface area contributed by atoms with Crippen molar-refractivity contribution < 1.29 is 5.11 Å². The first-order chi connectivity index (χ1) is 7.92. The number of aryl methyl sites for hydroxylation is 1. The largest absolute Gasteiger partial charge is 0.385 e. The number of hydrogen-bond acceptors (Lipinski definition) is 1. The van der Waals surface area contributed by atoms with Crippen molar-refractivity contribution in [1.82, 2.24) is 0 Å². The van der Waals surface area contributed by atoms with Gasteiger partial charge in [0.15, 0.2) is 0 Å². The Morgan fingerprint density at radius 1 is 1.12 bits per heavy atom. The molecule has 0 saturated heterocycles. The van der Waals surface area contributed by atoms with Crippen molar-refractivity contribution in [2.24, 2.45) is 5.92 Å². The van der Waals surface area contributed by atoms with Crippen LogP contribution < -0.4 is 0 Å². The Bertz CT molecular complexity index is 296. The molecule has 1 unspecified atom stereocenters. The van der Waals surface area contributed by atoms with Gasteiger partial charge in [-0.3, -0.25) is 0 Å². The molecule has 98 valence electrons. The van der Waals surface area contributed by atoms with Crippen LogP contribution in [0.2, 0.25) is 0 Å². The molecule has 0 radical (unpaired) electrons. The highest BCUT2D eigenvalue weighted by Gasteiger charge is 2.22. The van der Waals surface area contributed by atoms with E-state index in [1.54, 1.807) is 0 Å². The van der Waals surface area contributed by atoms with Crippen LogP contribution in [0.1, 0.15) is 58.6 Å². The van der Waals surface area contributed by atoms with Crippen molar-refractivity contribution >= 4 is 0 Å². The molecule has 17 heavy (non-hydrogen) atoms. The van der Waals surface area contributed by atoms with Gasteiger partial charge in [-0.15, -0.1) is 0 Å². The van der Waals surface area contributed by atoms with E-state index in [1.807, 2.05) is 32.9 Å². The molecule has 0 heterocycles. The third kappa shape index (κ3) is 5.88. The van der Waals surface area contributed by atoms with Gasteiger partial charge in [0.2, 0.25) is 0 Å². The topological polar surface area (TPSA) is 20.2 Å². The number of benzene rings is 1. The Labute approximate surface area is 107 Å². The SMILES string of the molecule is CC.Cc1ccc(C(C)(O)CCC(C)C)cc1. The summed E-state index contributed by atoms with van der Waals surface area (Å²) in [6.45, 7) is 12.3. The van der Waals surface area contributed by atoms with E-state index in [0.717, 1.165) is 18.4 Å². The second-order valence-electron chi connectivity index (χ2n) is 5.07. The highest BCUT2D eigenvalue weighted by Crippen LogP contribution is 2.27. The summed E-state index contributed by atoms with van der Waals surface area (Å²) in [5.41, 5.74) is 1.57. The van der Waals surface area contributed by atoms with Gasteiger partial charge in [-0.2, -0.15) is 0 Å². The van der Waals surface area contributed by atoms with Gasteiger partial charge in [-0.25, -0.2) is 0 Å². The zero-order chi connectivity index (χ0) is 13.5. The minimum Gasteiger partial charge on any atom is -0.385 e. The summed E-state index contributed by atoms with van der Waals surface area (Å²) >= 11 is 0. The highest BCUT2D eigenvalue weighted by atomic mass is 16.3. The molecule has 1 N–H and O–H groups in total. The first kappa shape index (κ1) is 16.2. The quantitative estimate of drug-likeness (QED) is 0.805. The summed E-state index contributed by atoms with van der Waals surface area (Å²) in [7, 11) is 0. The van der Waals surface area contributed by atoms with Gasteiger partial charge in [0.1, 0.15) is 0 Å². The number of aliphatic hydroxyl groups is 1. The molecule has 0 fully saturated rings. The second-order valence-corrected chi connectivity index (χ2v) is 5.07. The summed E-state index contributed by atoms with van der Waals surface area (Å²) in [5.74, 6) is 0.641. The number of hydrogen-bond donors (Lipinski definition) is 1. The lowest BCUT2D eigenvalue weighted by atomic mass is 9.88. The molecule has 0 saturated carbocycles. The van der Waals surface area contributed by atoms with Crippen LogP contribution in [0.5, 0.6) is 0 Å². The lowest BCUT2D eigenvalue weighted by Crippen LogP contribution is -2.21. The molecule has 1 heteroatoms. The molecular formula is C16H28O. The van der Waals surface area contributed by atoms with E-state index in [9.17, 15) is 5.11 Å². The van der Waals surface area contributed by atoms with E-state index in [2.05, 4.69) is 32.9 Å². The molecule has 0 aliphatic rings. The fourth-order valence-corrected chi connectivity index (χ4v) is 1.63. The fourth-order valence-electron chi connectivity index (χ4n) is 1.63. The average molecular weight is 236 g/mol. The van der Waals surface area contributed by atoms with Crippen molar-refractivity contribution in [3.05, 3.63) is 35.4 Å². The van der Waals surface area contributed by atoms with Crippen molar-refractivity contribution in [3.8, 4) is 0 Å². The maximum absolute atomic E-state index is 10.3. The van der Waals surface area contributed by atoms with E-state index in [1.165, 1.54) is 5.56 Å². The Balaban J connectivity index is 0.00000121. The first-order valence-electron chi connectivity index (χ1n) is 6.71. The van der Waals surface area contributed by atoms with Crippen LogP contribution in [-0.2, 0) is 5.60 Å². The third-order valence-electron chi connectivity index (χ3n) is 2.88. The summed E-state index contributed by atoms with van der Waals surface area (Å²) in [6.07, 6.45) is 1.88. The lowest BCUT2D eigenvalue weighted by Gasteiger charge is -2.25. The van der Waals surface area contributed by atoms with Gasteiger partial charge < -0.3 is 5.11 Å². The average Bonchev–Trinajstić information content (AvgIpc) is 2.30. The molecule has 0 aliphatic heterocycles. The van der Waals surface area contributed by atoms with Gasteiger partial charge in [-0.05, 0) is 38.2 Å². The highest BCUT2D eigenvalue weighted by molar-refractivity contribution is 5.25. The lowest BCUT2D eigenvalue weighted by molar-refractivity contribution is 0.0420. The Kier molecular flexibility index (Phi) is 7.13. The molecule has 0 aromatic heterocycles. The van der Waals surface area contributed by atoms with Crippen molar-refractivity contribution in [1.29, 1.82) is 0 Å². The van der Waals surface area contributed by atoms with E-state index in [4.69, 9.17) is 0 Å². The van der Waals surface area contributed by atoms with E-state index in [-0.39, 0.29) is 0 Å². The third-order valence-corrected chi connectivity index (χ3v) is 2.88. The fraction of sp³-hybridized carbons (Fsp3) is 0.625. The van der Waals surface area contributed by atoms with E-state index >= 15 is 0 Å². The van der Waals surface area contributed by atoms with Crippen LogP contribution in [0.15, 0.2) is 24.3 Å². The van der Waals surface area contributed by atoms with Crippen LogP contribution in [0.25, 0.3) is 0 Å². The molecule has 0 amide bonds. The summed E-state index contributed by atoms with van der Waals surface area (Å²) in [4.78, 5) is 0. The maximum atomic E-state index is 10.3. The molecule has 0 bridgehead atoms. The van der Waals surface area contributed by atoms with Gasteiger partial charge in [-0.1, -0.05) is 57.5 Å². The van der Waals surface area contributed by atoms with Crippen LogP contribution in [0, 0.1) is 12.8 Å². The van der Waals surface area contributed by atoms with Crippen LogP contribution >= 0.6 is 0 Å². The smallest absolute Gasteiger partial charge is 0.0868 e. The first-order valence-corrected chi connectivity index (χ1v) is 6.71. The molecule has 1 aromatic rings. The molecule has 0 spiro atoms. The summed E-state index contributed by atoms with van der Waals surface area (Å²) in [5, 5.41) is 10.3. The normalized spacial score (nSPS) is 13.9. The Hall–Kier alpha value is -0.820. The van der Waals surface area contributed by atoms with Gasteiger partial charge in [0, 0.05) is 0 Å². The van der Waals surface area contributed by atoms with Crippen molar-refractivity contribution in [2.45, 2.75) is 60.0 Å². The molecular weight excluding hydrogens is 208 g/mol. The van der Waals surface area contributed by atoms with Crippen molar-refractivity contribution in [2.75, 3.05) is 0 Å². The molecule has 1 aromatic carbocycles. The molecule has 1 nitrogen and oxygen atoms in total. The summed E-state index contributed by atoms with van der Waals surface area (Å²) < 4.78 is 0. The zero-order valence-corrected chi connectivity index (χ0v) is 12.2. The zero-order valence-electron chi connectivity index (χ0n) is 12.2. The predicted octanol–water partition coefficient (Wildman–Crippen LogP) is 4.66. The Morgan fingerprint density at radius 3 is 2.00 bits per heavy atom. The molecule has 1 rings (SSSR count). The van der Waals surface area contributed by atoms with E-state index in [0.29, 0.717) is 5.92 Å². The monoisotopic (exact) mass is 236 g/mol. The van der Waals surface area contributed by atoms with Gasteiger partial charge in [0.25, 0.3) is 0 Å².